The molecule has 2 aliphatic heterocycles. The summed E-state index contributed by atoms with van der Waals surface area (Å²) in [5, 5.41) is 10.4. The van der Waals surface area contributed by atoms with Crippen LogP contribution in [-0.2, 0) is 19.1 Å². The van der Waals surface area contributed by atoms with Gasteiger partial charge in [-0.25, -0.2) is 4.79 Å². The summed E-state index contributed by atoms with van der Waals surface area (Å²) in [7, 11) is 0. The van der Waals surface area contributed by atoms with E-state index >= 15 is 0 Å². The first-order valence-corrected chi connectivity index (χ1v) is 7.78. The molecule has 2 saturated heterocycles. The number of rotatable bonds is 0. The van der Waals surface area contributed by atoms with Gasteiger partial charge >= 0.3 is 5.97 Å². The minimum absolute atomic E-state index is 0.0872. The Kier molecular flexibility index (Phi) is 2.01. The van der Waals surface area contributed by atoms with Crippen LogP contribution in [0.25, 0.3) is 0 Å². The molecule has 21 heavy (non-hydrogen) atoms. The van der Waals surface area contributed by atoms with Crippen LogP contribution >= 0.6 is 0 Å². The number of hydrogen-bond acceptors (Lipinski definition) is 5. The fourth-order valence-electron chi connectivity index (χ4n) is 5.86. The Labute approximate surface area is 122 Å². The molecule has 112 valence electrons. The van der Waals surface area contributed by atoms with Crippen LogP contribution in [0.5, 0.6) is 0 Å². The SMILES string of the molecule is O=C1C[C@@]23CC[C@@H]1C[C@@]21O[C@@H]2[C@H](O)CC=C[C@]23COC1=O. The highest BCUT2D eigenvalue weighted by atomic mass is 16.6. The standard InChI is InChI=1S/C16H18O5/c17-10-2-1-4-14-8-20-13(19)16(21-12(10)14)6-9-3-5-15(14,16)7-11(9)18/h1,4,9-10,12,17H,2-3,5-8H2/t9-,10-,12-,14+,15-,16+/m1/s1. The van der Waals surface area contributed by atoms with Crippen LogP contribution in [0.1, 0.15) is 32.1 Å². The zero-order valence-corrected chi connectivity index (χ0v) is 11.7. The molecule has 0 aromatic carbocycles. The summed E-state index contributed by atoms with van der Waals surface area (Å²) in [5.74, 6) is -0.153. The molecule has 5 heteroatoms. The number of Topliss-reactive ketones (excluding diaryl/α,β-unsaturated/α-hetero) is 1. The molecule has 4 bridgehead atoms. The van der Waals surface area contributed by atoms with E-state index in [1.807, 2.05) is 6.08 Å². The first-order chi connectivity index (χ1) is 10.0. The maximum absolute atomic E-state index is 12.6. The Balaban J connectivity index is 1.79. The summed E-state index contributed by atoms with van der Waals surface area (Å²) in [4.78, 5) is 25.0. The third kappa shape index (κ3) is 1.06. The Morgan fingerprint density at radius 2 is 2.19 bits per heavy atom. The van der Waals surface area contributed by atoms with E-state index in [0.717, 1.165) is 12.8 Å². The normalized spacial score (nSPS) is 56.9. The Morgan fingerprint density at radius 3 is 3.00 bits per heavy atom. The first-order valence-electron chi connectivity index (χ1n) is 7.78. The van der Waals surface area contributed by atoms with E-state index in [-0.39, 0.29) is 24.3 Å². The van der Waals surface area contributed by atoms with Crippen LogP contribution in [0, 0.1) is 16.7 Å². The van der Waals surface area contributed by atoms with E-state index in [1.54, 1.807) is 0 Å². The van der Waals surface area contributed by atoms with E-state index in [1.165, 1.54) is 0 Å². The van der Waals surface area contributed by atoms with Gasteiger partial charge in [-0.05, 0) is 25.7 Å². The molecule has 0 radical (unpaired) electrons. The lowest BCUT2D eigenvalue weighted by atomic mass is 9.42. The number of aliphatic hydroxyl groups is 1. The van der Waals surface area contributed by atoms with Gasteiger partial charge in [0.2, 0.25) is 0 Å². The van der Waals surface area contributed by atoms with Crippen LogP contribution < -0.4 is 0 Å². The predicted molar refractivity (Wildman–Crippen MR) is 70.2 cm³/mol. The number of ketones is 1. The van der Waals surface area contributed by atoms with Gasteiger partial charge in [0.25, 0.3) is 0 Å². The van der Waals surface area contributed by atoms with Crippen molar-refractivity contribution in [3.8, 4) is 0 Å². The molecule has 2 heterocycles. The summed E-state index contributed by atoms with van der Waals surface area (Å²) in [5.41, 5.74) is -2.05. The van der Waals surface area contributed by atoms with Crippen LogP contribution in [0.2, 0.25) is 0 Å². The topological polar surface area (TPSA) is 72.8 Å². The Hall–Kier alpha value is -1.20. The number of fused-ring (bicyclic) bond motifs is 2. The van der Waals surface area contributed by atoms with Gasteiger partial charge in [-0.3, -0.25) is 4.79 Å². The lowest BCUT2D eigenvalue weighted by Crippen LogP contribution is -2.69. The molecular weight excluding hydrogens is 272 g/mol. The smallest absolute Gasteiger partial charge is 0.339 e. The third-order valence-electron chi connectivity index (χ3n) is 6.80. The van der Waals surface area contributed by atoms with Crippen molar-refractivity contribution in [2.24, 2.45) is 16.7 Å². The molecule has 0 aromatic rings. The number of cyclic esters (lactones) is 1. The van der Waals surface area contributed by atoms with Crippen LogP contribution in [0.15, 0.2) is 12.2 Å². The zero-order chi connectivity index (χ0) is 14.5. The molecule has 6 rings (SSSR count). The van der Waals surface area contributed by atoms with E-state index in [9.17, 15) is 14.7 Å². The van der Waals surface area contributed by atoms with Crippen molar-refractivity contribution in [3.05, 3.63) is 12.2 Å². The minimum Gasteiger partial charge on any atom is -0.462 e. The van der Waals surface area contributed by atoms with Crippen molar-refractivity contribution in [1.82, 2.24) is 0 Å². The molecule has 6 atom stereocenters. The fraction of sp³-hybridized carbons (Fsp3) is 0.750. The summed E-state index contributed by atoms with van der Waals surface area (Å²) in [6.45, 7) is 0.226. The third-order valence-corrected chi connectivity index (χ3v) is 6.80. The largest absolute Gasteiger partial charge is 0.462 e. The molecule has 5 fully saturated rings. The van der Waals surface area contributed by atoms with Crippen molar-refractivity contribution in [2.45, 2.75) is 49.9 Å². The van der Waals surface area contributed by atoms with Crippen LogP contribution in [-0.4, -0.2) is 41.3 Å². The number of hydrogen-bond donors (Lipinski definition) is 1. The highest BCUT2D eigenvalue weighted by Crippen LogP contribution is 2.73. The van der Waals surface area contributed by atoms with Gasteiger partial charge in [0, 0.05) is 17.8 Å². The molecule has 3 saturated carbocycles. The maximum Gasteiger partial charge on any atom is 0.339 e. The van der Waals surface area contributed by atoms with Crippen molar-refractivity contribution in [2.75, 3.05) is 6.61 Å². The van der Waals surface area contributed by atoms with Gasteiger partial charge in [-0.15, -0.1) is 0 Å². The highest BCUT2D eigenvalue weighted by Gasteiger charge is 2.82. The molecule has 6 aliphatic rings. The summed E-state index contributed by atoms with van der Waals surface area (Å²) in [6.07, 6.45) is 5.96. The molecule has 2 spiro atoms. The number of esters is 1. The van der Waals surface area contributed by atoms with Crippen molar-refractivity contribution >= 4 is 11.8 Å². The van der Waals surface area contributed by atoms with E-state index < -0.39 is 28.6 Å². The molecule has 0 unspecified atom stereocenters. The zero-order valence-electron chi connectivity index (χ0n) is 11.7. The number of aliphatic hydroxyl groups excluding tert-OH is 1. The summed E-state index contributed by atoms with van der Waals surface area (Å²) in [6, 6.07) is 0. The quantitative estimate of drug-likeness (QED) is 0.526. The number of carbonyl (C=O) groups excluding carboxylic acids is 2. The van der Waals surface area contributed by atoms with E-state index in [4.69, 9.17) is 9.47 Å². The first kappa shape index (κ1) is 12.4. The Bertz CT molecular complexity index is 597. The number of carbonyl (C=O) groups is 2. The molecule has 1 N–H and O–H groups in total. The van der Waals surface area contributed by atoms with Crippen molar-refractivity contribution in [3.63, 3.8) is 0 Å². The van der Waals surface area contributed by atoms with E-state index in [0.29, 0.717) is 19.3 Å². The van der Waals surface area contributed by atoms with Gasteiger partial charge in [0.15, 0.2) is 5.60 Å². The van der Waals surface area contributed by atoms with Crippen LogP contribution in [0.3, 0.4) is 0 Å². The Morgan fingerprint density at radius 1 is 1.33 bits per heavy atom. The van der Waals surface area contributed by atoms with Crippen molar-refractivity contribution in [1.29, 1.82) is 0 Å². The van der Waals surface area contributed by atoms with Gasteiger partial charge < -0.3 is 14.6 Å². The van der Waals surface area contributed by atoms with E-state index in [2.05, 4.69) is 6.08 Å². The summed E-state index contributed by atoms with van der Waals surface area (Å²) >= 11 is 0. The second-order valence-corrected chi connectivity index (χ2v) is 7.35. The molecular formula is C16H18O5. The van der Waals surface area contributed by atoms with Crippen LogP contribution in [0.4, 0.5) is 0 Å². The summed E-state index contributed by atoms with van der Waals surface area (Å²) < 4.78 is 11.7. The average molecular weight is 290 g/mol. The number of ether oxygens (including phenoxy) is 2. The molecule has 5 nitrogen and oxygen atoms in total. The van der Waals surface area contributed by atoms with Gasteiger partial charge in [0.05, 0.1) is 17.6 Å². The highest BCUT2D eigenvalue weighted by molar-refractivity contribution is 5.92. The van der Waals surface area contributed by atoms with Gasteiger partial charge in [-0.1, -0.05) is 12.2 Å². The molecule has 0 amide bonds. The second-order valence-electron chi connectivity index (χ2n) is 7.35. The molecule has 4 aliphatic carbocycles. The second kappa shape index (κ2) is 3.41. The minimum atomic E-state index is -1.01. The molecule has 0 aromatic heterocycles. The maximum atomic E-state index is 12.6. The predicted octanol–water partition coefficient (Wildman–Crippen LogP) is 0.747. The average Bonchev–Trinajstić information content (AvgIpc) is 2.66. The monoisotopic (exact) mass is 290 g/mol. The van der Waals surface area contributed by atoms with Crippen molar-refractivity contribution < 1.29 is 24.2 Å². The lowest BCUT2D eigenvalue weighted by molar-refractivity contribution is -0.216. The van der Waals surface area contributed by atoms with Gasteiger partial charge in [0.1, 0.15) is 12.4 Å². The fourth-order valence-corrected chi connectivity index (χ4v) is 5.86. The van der Waals surface area contributed by atoms with Gasteiger partial charge in [-0.2, -0.15) is 0 Å². The lowest BCUT2D eigenvalue weighted by Gasteiger charge is -2.60.